The first kappa shape index (κ1) is 14.2. The first-order valence-corrected chi connectivity index (χ1v) is 6.93. The van der Waals surface area contributed by atoms with Gasteiger partial charge in [-0.25, -0.2) is 9.97 Å². The maximum atomic E-state index is 5.40. The van der Waals surface area contributed by atoms with Crippen LogP contribution in [0.1, 0.15) is 11.5 Å². The van der Waals surface area contributed by atoms with Crippen molar-refractivity contribution in [3.05, 3.63) is 35.8 Å². The summed E-state index contributed by atoms with van der Waals surface area (Å²) in [7, 11) is 3.27. The third-order valence-corrected chi connectivity index (χ3v) is 3.39. The lowest BCUT2D eigenvalue weighted by molar-refractivity contribution is 0.405. The van der Waals surface area contributed by atoms with Crippen molar-refractivity contribution in [2.75, 3.05) is 19.5 Å². The Morgan fingerprint density at radius 1 is 1.05 bits per heavy atom. The standard InChI is InChI=1S/C16H18N4O2/c1-9-7-12-15(17-9)18-10(2)19-16(12)20-13-8-11(21-3)5-6-14(13)22-4/h5-8H,1-4H3,(H2,17,18,19,20). The number of methoxy groups -OCH3 is 2. The molecule has 0 unspecified atom stereocenters. The van der Waals surface area contributed by atoms with Gasteiger partial charge in [0, 0.05) is 11.8 Å². The quantitative estimate of drug-likeness (QED) is 0.773. The SMILES string of the molecule is COc1ccc(OC)c(Nc2nc(C)nc3[nH]c(C)cc23)c1. The third kappa shape index (κ3) is 2.55. The van der Waals surface area contributed by atoms with Gasteiger partial charge in [0.25, 0.3) is 0 Å². The Bertz CT molecular complexity index is 826. The normalized spacial score (nSPS) is 10.7. The van der Waals surface area contributed by atoms with Crippen LogP contribution in [0.15, 0.2) is 24.3 Å². The zero-order valence-electron chi connectivity index (χ0n) is 13.0. The summed E-state index contributed by atoms with van der Waals surface area (Å²) in [5.41, 5.74) is 2.64. The number of hydrogen-bond acceptors (Lipinski definition) is 5. The lowest BCUT2D eigenvalue weighted by atomic mass is 10.2. The highest BCUT2D eigenvalue weighted by atomic mass is 16.5. The Balaban J connectivity index is 2.09. The highest BCUT2D eigenvalue weighted by molar-refractivity contribution is 5.90. The molecule has 0 radical (unpaired) electrons. The van der Waals surface area contributed by atoms with E-state index in [0.717, 1.165) is 39.7 Å². The molecule has 2 heterocycles. The van der Waals surface area contributed by atoms with Gasteiger partial charge in [-0.2, -0.15) is 0 Å². The zero-order chi connectivity index (χ0) is 15.7. The monoisotopic (exact) mass is 298 g/mol. The Labute approximate surface area is 128 Å². The van der Waals surface area contributed by atoms with Gasteiger partial charge in [-0.3, -0.25) is 0 Å². The number of ether oxygens (including phenoxy) is 2. The lowest BCUT2D eigenvalue weighted by Crippen LogP contribution is -2.00. The van der Waals surface area contributed by atoms with E-state index in [1.165, 1.54) is 0 Å². The first-order valence-electron chi connectivity index (χ1n) is 6.93. The van der Waals surface area contributed by atoms with Gasteiger partial charge in [-0.1, -0.05) is 0 Å². The summed E-state index contributed by atoms with van der Waals surface area (Å²) >= 11 is 0. The highest BCUT2D eigenvalue weighted by Crippen LogP contribution is 2.33. The van der Waals surface area contributed by atoms with Crippen LogP contribution in [0.4, 0.5) is 11.5 Å². The van der Waals surface area contributed by atoms with Gasteiger partial charge < -0.3 is 19.8 Å². The number of aromatic amines is 1. The zero-order valence-corrected chi connectivity index (χ0v) is 13.0. The highest BCUT2D eigenvalue weighted by Gasteiger charge is 2.12. The number of nitrogens with one attached hydrogen (secondary N) is 2. The minimum atomic E-state index is 0.693. The summed E-state index contributed by atoms with van der Waals surface area (Å²) in [5.74, 6) is 2.89. The van der Waals surface area contributed by atoms with Gasteiger partial charge in [0.05, 0.1) is 25.3 Å². The molecule has 22 heavy (non-hydrogen) atoms. The second-order valence-corrected chi connectivity index (χ2v) is 5.03. The van der Waals surface area contributed by atoms with Crippen LogP contribution in [0.2, 0.25) is 0 Å². The fourth-order valence-electron chi connectivity index (χ4n) is 2.39. The minimum Gasteiger partial charge on any atom is -0.497 e. The molecule has 0 amide bonds. The molecule has 2 N–H and O–H groups in total. The summed E-state index contributed by atoms with van der Waals surface area (Å²) in [6.45, 7) is 3.86. The molecule has 0 bridgehead atoms. The average molecular weight is 298 g/mol. The molecule has 0 aliphatic carbocycles. The number of fused-ring (bicyclic) bond motifs is 1. The van der Waals surface area contributed by atoms with E-state index in [1.54, 1.807) is 14.2 Å². The molecule has 1 aromatic carbocycles. The fraction of sp³-hybridized carbons (Fsp3) is 0.250. The molecule has 114 valence electrons. The van der Waals surface area contributed by atoms with Crippen LogP contribution in [0.5, 0.6) is 11.5 Å². The van der Waals surface area contributed by atoms with E-state index in [4.69, 9.17) is 9.47 Å². The van der Waals surface area contributed by atoms with Crippen molar-refractivity contribution in [3.8, 4) is 11.5 Å². The number of anilines is 2. The van der Waals surface area contributed by atoms with Gasteiger partial charge in [0.1, 0.15) is 28.8 Å². The molecule has 3 aromatic rings. The Kier molecular flexibility index (Phi) is 3.58. The van der Waals surface area contributed by atoms with E-state index in [-0.39, 0.29) is 0 Å². The number of aromatic nitrogens is 3. The van der Waals surface area contributed by atoms with E-state index in [2.05, 4.69) is 20.3 Å². The number of nitrogens with zero attached hydrogens (tertiary/aromatic N) is 2. The van der Waals surface area contributed by atoms with Gasteiger partial charge in [0.2, 0.25) is 0 Å². The van der Waals surface area contributed by atoms with Gasteiger partial charge in [0.15, 0.2) is 0 Å². The van der Waals surface area contributed by atoms with Gasteiger partial charge in [-0.05, 0) is 32.0 Å². The second-order valence-electron chi connectivity index (χ2n) is 5.03. The van der Waals surface area contributed by atoms with Crippen molar-refractivity contribution >= 4 is 22.5 Å². The minimum absolute atomic E-state index is 0.693. The molecular weight excluding hydrogens is 280 g/mol. The summed E-state index contributed by atoms with van der Waals surface area (Å²) in [6.07, 6.45) is 0. The summed E-state index contributed by atoms with van der Waals surface area (Å²) < 4.78 is 10.7. The largest absolute Gasteiger partial charge is 0.497 e. The molecule has 0 aliphatic rings. The summed E-state index contributed by atoms with van der Waals surface area (Å²) in [4.78, 5) is 12.1. The lowest BCUT2D eigenvalue weighted by Gasteiger charge is -2.13. The number of H-pyrrole nitrogens is 1. The van der Waals surface area contributed by atoms with Crippen LogP contribution in [-0.2, 0) is 0 Å². The van der Waals surface area contributed by atoms with Crippen molar-refractivity contribution in [1.29, 1.82) is 0 Å². The maximum absolute atomic E-state index is 5.40. The predicted octanol–water partition coefficient (Wildman–Crippen LogP) is 3.34. The molecule has 0 aliphatic heterocycles. The maximum Gasteiger partial charge on any atom is 0.143 e. The molecule has 2 aromatic heterocycles. The molecule has 6 heteroatoms. The van der Waals surface area contributed by atoms with Gasteiger partial charge in [-0.15, -0.1) is 0 Å². The van der Waals surface area contributed by atoms with Crippen LogP contribution >= 0.6 is 0 Å². The molecule has 3 rings (SSSR count). The van der Waals surface area contributed by atoms with E-state index in [0.29, 0.717) is 5.82 Å². The van der Waals surface area contributed by atoms with E-state index < -0.39 is 0 Å². The van der Waals surface area contributed by atoms with Crippen molar-refractivity contribution in [2.45, 2.75) is 13.8 Å². The Morgan fingerprint density at radius 3 is 2.59 bits per heavy atom. The van der Waals surface area contributed by atoms with E-state index in [1.807, 2.05) is 38.1 Å². The van der Waals surface area contributed by atoms with E-state index in [9.17, 15) is 0 Å². The topological polar surface area (TPSA) is 72.1 Å². The van der Waals surface area contributed by atoms with Crippen LogP contribution in [0.25, 0.3) is 11.0 Å². The molecule has 0 saturated heterocycles. The van der Waals surface area contributed by atoms with Gasteiger partial charge >= 0.3 is 0 Å². The molecule has 0 spiro atoms. The first-order chi connectivity index (χ1) is 10.6. The number of benzene rings is 1. The van der Waals surface area contributed by atoms with E-state index >= 15 is 0 Å². The molecule has 0 fully saturated rings. The fourth-order valence-corrected chi connectivity index (χ4v) is 2.39. The third-order valence-electron chi connectivity index (χ3n) is 3.39. The molecule has 0 atom stereocenters. The van der Waals surface area contributed by atoms with Crippen LogP contribution in [0.3, 0.4) is 0 Å². The smallest absolute Gasteiger partial charge is 0.143 e. The van der Waals surface area contributed by atoms with Crippen LogP contribution in [0, 0.1) is 13.8 Å². The van der Waals surface area contributed by atoms with Crippen molar-refractivity contribution < 1.29 is 9.47 Å². The summed E-state index contributed by atoms with van der Waals surface area (Å²) in [6, 6.07) is 7.60. The van der Waals surface area contributed by atoms with Crippen molar-refractivity contribution in [3.63, 3.8) is 0 Å². The van der Waals surface area contributed by atoms with Crippen molar-refractivity contribution in [2.24, 2.45) is 0 Å². The second kappa shape index (κ2) is 5.55. The summed E-state index contributed by atoms with van der Waals surface area (Å²) in [5, 5.41) is 4.26. The average Bonchev–Trinajstić information content (AvgIpc) is 2.87. The Morgan fingerprint density at radius 2 is 1.86 bits per heavy atom. The van der Waals surface area contributed by atoms with Crippen LogP contribution in [-0.4, -0.2) is 29.2 Å². The Hall–Kier alpha value is -2.76. The predicted molar refractivity (Wildman–Crippen MR) is 86.2 cm³/mol. The van der Waals surface area contributed by atoms with Crippen LogP contribution < -0.4 is 14.8 Å². The molecular formula is C16H18N4O2. The molecule has 0 saturated carbocycles. The number of aryl methyl sites for hydroxylation is 2. The van der Waals surface area contributed by atoms with Crippen molar-refractivity contribution in [1.82, 2.24) is 15.0 Å². The molecule has 6 nitrogen and oxygen atoms in total. The number of hydrogen-bond donors (Lipinski definition) is 2. The number of rotatable bonds is 4.